The fourth-order valence-electron chi connectivity index (χ4n) is 2.44. The van der Waals surface area contributed by atoms with Gasteiger partial charge in [-0.05, 0) is 19.8 Å². The second-order valence-corrected chi connectivity index (χ2v) is 4.71. The van der Waals surface area contributed by atoms with Gasteiger partial charge in [0.25, 0.3) is 0 Å². The Morgan fingerprint density at radius 1 is 1.65 bits per heavy atom. The van der Waals surface area contributed by atoms with Gasteiger partial charge in [0.15, 0.2) is 5.78 Å². The van der Waals surface area contributed by atoms with E-state index in [-0.39, 0.29) is 11.8 Å². The lowest BCUT2D eigenvalue weighted by atomic mass is 10.1. The van der Waals surface area contributed by atoms with Crippen LogP contribution in [-0.2, 0) is 4.79 Å². The summed E-state index contributed by atoms with van der Waals surface area (Å²) in [7, 11) is 1.93. The molecule has 1 unspecified atom stereocenters. The molecule has 2 aliphatic heterocycles. The molecule has 1 atom stereocenters. The van der Waals surface area contributed by atoms with E-state index in [1.807, 2.05) is 18.3 Å². The van der Waals surface area contributed by atoms with Crippen molar-refractivity contribution >= 4 is 5.78 Å². The second kappa shape index (κ2) is 4.79. The van der Waals surface area contributed by atoms with Crippen molar-refractivity contribution in [2.24, 2.45) is 0 Å². The summed E-state index contributed by atoms with van der Waals surface area (Å²) in [5.74, 6) is 0.243. The number of carbonyl (C=O) groups is 1. The van der Waals surface area contributed by atoms with E-state index >= 15 is 0 Å². The number of carbonyl (C=O) groups excluding carboxylic acids is 1. The molecule has 0 bridgehead atoms. The molecule has 5 nitrogen and oxygen atoms in total. The predicted molar refractivity (Wildman–Crippen MR) is 66.3 cm³/mol. The molecule has 0 amide bonds. The van der Waals surface area contributed by atoms with Crippen LogP contribution >= 0.6 is 0 Å². The normalized spacial score (nSPS) is 23.6. The van der Waals surface area contributed by atoms with Gasteiger partial charge >= 0.3 is 0 Å². The Hall–Kier alpha value is -1.49. The maximum absolute atomic E-state index is 11.5. The molecular formula is C12H20N4O. The van der Waals surface area contributed by atoms with Crippen molar-refractivity contribution in [3.63, 3.8) is 0 Å². The number of nitrogens with one attached hydrogen (secondary N) is 2. The molecule has 5 heteroatoms. The van der Waals surface area contributed by atoms with Crippen LogP contribution in [0.2, 0.25) is 0 Å². The molecule has 94 valence electrons. The Balaban J connectivity index is 1.96. The number of hydrogen-bond donors (Lipinski definition) is 2. The lowest BCUT2D eigenvalue weighted by Gasteiger charge is -2.27. The number of Topliss-reactive ketones (excluding diaryl/α,β-unsaturated/α-hetero) is 1. The monoisotopic (exact) mass is 236 g/mol. The fraction of sp³-hybridized carbons (Fsp3) is 0.583. The summed E-state index contributed by atoms with van der Waals surface area (Å²) < 4.78 is 0. The van der Waals surface area contributed by atoms with Crippen LogP contribution < -0.4 is 11.0 Å². The molecule has 0 spiro atoms. The summed E-state index contributed by atoms with van der Waals surface area (Å²) in [6.07, 6.45) is 4.78. The van der Waals surface area contributed by atoms with Crippen LogP contribution in [0, 0.1) is 0 Å². The minimum Gasteiger partial charge on any atom is -0.365 e. The van der Waals surface area contributed by atoms with Crippen molar-refractivity contribution in [1.29, 1.82) is 0 Å². The number of likely N-dealkylation sites (tertiary alicyclic amines) is 1. The van der Waals surface area contributed by atoms with Gasteiger partial charge in [-0.15, -0.1) is 5.53 Å². The molecule has 0 aliphatic carbocycles. The van der Waals surface area contributed by atoms with Gasteiger partial charge in [-0.1, -0.05) is 6.58 Å². The predicted octanol–water partition coefficient (Wildman–Crippen LogP) is 0.740. The van der Waals surface area contributed by atoms with Crippen molar-refractivity contribution in [2.75, 3.05) is 13.6 Å². The molecule has 0 aromatic carbocycles. The first kappa shape index (κ1) is 12.0. The van der Waals surface area contributed by atoms with Crippen molar-refractivity contribution in [2.45, 2.75) is 32.2 Å². The van der Waals surface area contributed by atoms with E-state index in [0.717, 1.165) is 37.2 Å². The van der Waals surface area contributed by atoms with Crippen LogP contribution in [0.15, 0.2) is 24.2 Å². The summed E-state index contributed by atoms with van der Waals surface area (Å²) in [5.41, 5.74) is 8.12. The number of hydrogen-bond acceptors (Lipinski definition) is 5. The van der Waals surface area contributed by atoms with Gasteiger partial charge < -0.3 is 10.3 Å². The van der Waals surface area contributed by atoms with Gasteiger partial charge in [-0.3, -0.25) is 9.80 Å². The standard InChI is InChI=1S/C12H20N4O/c1-9(7-11-8-15(3)14-13-11)16-6-4-5-12(16)10(2)17/h8,12-14H,1,4-7H2,2-3H3. The zero-order valence-electron chi connectivity index (χ0n) is 10.5. The Bertz CT molecular complexity index is 364. The molecular weight excluding hydrogens is 216 g/mol. The molecule has 17 heavy (non-hydrogen) atoms. The summed E-state index contributed by atoms with van der Waals surface area (Å²) >= 11 is 0. The summed E-state index contributed by atoms with van der Waals surface area (Å²) in [6, 6.07) is 0.0372. The first-order chi connectivity index (χ1) is 8.08. The Morgan fingerprint density at radius 2 is 2.41 bits per heavy atom. The van der Waals surface area contributed by atoms with Crippen molar-refractivity contribution in [1.82, 2.24) is 20.9 Å². The lowest BCUT2D eigenvalue weighted by Crippen LogP contribution is -2.35. The molecule has 2 heterocycles. The molecule has 2 aliphatic rings. The van der Waals surface area contributed by atoms with Crippen molar-refractivity contribution in [3.05, 3.63) is 24.2 Å². The smallest absolute Gasteiger partial charge is 0.152 e. The zero-order chi connectivity index (χ0) is 12.4. The minimum absolute atomic E-state index is 0.0372. The van der Waals surface area contributed by atoms with E-state index in [9.17, 15) is 4.79 Å². The SMILES string of the molecule is C=C(CC1=CN(C)NN1)N1CCCC1C(C)=O. The molecule has 2 N–H and O–H groups in total. The average molecular weight is 236 g/mol. The third kappa shape index (κ3) is 2.61. The highest BCUT2D eigenvalue weighted by atomic mass is 16.1. The van der Waals surface area contributed by atoms with Crippen molar-refractivity contribution < 1.29 is 4.79 Å². The minimum atomic E-state index is 0.0372. The number of hydrazine groups is 2. The summed E-state index contributed by atoms with van der Waals surface area (Å²) in [6.45, 7) is 6.71. The highest BCUT2D eigenvalue weighted by Crippen LogP contribution is 2.25. The van der Waals surface area contributed by atoms with Gasteiger partial charge in [0.05, 0.1) is 11.7 Å². The molecule has 1 saturated heterocycles. The molecule has 0 saturated carbocycles. The highest BCUT2D eigenvalue weighted by molar-refractivity contribution is 5.82. The number of rotatable bonds is 4. The third-order valence-electron chi connectivity index (χ3n) is 3.27. The first-order valence-corrected chi connectivity index (χ1v) is 5.98. The fourth-order valence-corrected chi connectivity index (χ4v) is 2.44. The quantitative estimate of drug-likeness (QED) is 0.754. The van der Waals surface area contributed by atoms with Crippen LogP contribution in [0.25, 0.3) is 0 Å². The van der Waals surface area contributed by atoms with Crippen LogP contribution in [0.1, 0.15) is 26.2 Å². The van der Waals surface area contributed by atoms with Gasteiger partial charge in [-0.2, -0.15) is 0 Å². The molecule has 2 rings (SSSR count). The van der Waals surface area contributed by atoms with E-state index in [4.69, 9.17) is 0 Å². The van der Waals surface area contributed by atoms with Crippen molar-refractivity contribution in [3.8, 4) is 0 Å². The lowest BCUT2D eigenvalue weighted by molar-refractivity contribution is -0.120. The molecule has 0 aromatic heterocycles. The Kier molecular flexibility index (Phi) is 3.38. The third-order valence-corrected chi connectivity index (χ3v) is 3.27. The first-order valence-electron chi connectivity index (χ1n) is 5.98. The maximum Gasteiger partial charge on any atom is 0.152 e. The maximum atomic E-state index is 11.5. The largest absolute Gasteiger partial charge is 0.365 e. The van der Waals surface area contributed by atoms with Crippen LogP contribution in [0.5, 0.6) is 0 Å². The van der Waals surface area contributed by atoms with Gasteiger partial charge in [0.1, 0.15) is 0 Å². The van der Waals surface area contributed by atoms with E-state index in [0.29, 0.717) is 0 Å². The Labute approximate surface area is 102 Å². The number of ketones is 1. The van der Waals surface area contributed by atoms with E-state index in [1.165, 1.54) is 0 Å². The van der Waals surface area contributed by atoms with Gasteiger partial charge in [0.2, 0.25) is 0 Å². The van der Waals surface area contributed by atoms with E-state index in [2.05, 4.69) is 22.4 Å². The highest BCUT2D eigenvalue weighted by Gasteiger charge is 2.29. The molecule has 0 radical (unpaired) electrons. The average Bonchev–Trinajstić information content (AvgIpc) is 2.86. The van der Waals surface area contributed by atoms with E-state index < -0.39 is 0 Å². The van der Waals surface area contributed by atoms with E-state index in [1.54, 1.807) is 6.92 Å². The summed E-state index contributed by atoms with van der Waals surface area (Å²) in [5, 5.41) is 1.86. The van der Waals surface area contributed by atoms with Crippen LogP contribution in [0.4, 0.5) is 0 Å². The second-order valence-electron chi connectivity index (χ2n) is 4.71. The van der Waals surface area contributed by atoms with Crippen LogP contribution in [0.3, 0.4) is 0 Å². The molecule has 1 fully saturated rings. The zero-order valence-corrected chi connectivity index (χ0v) is 10.5. The summed E-state index contributed by atoms with van der Waals surface area (Å²) in [4.78, 5) is 13.7. The number of nitrogens with zero attached hydrogens (tertiary/aromatic N) is 2. The van der Waals surface area contributed by atoms with Crippen LogP contribution in [-0.4, -0.2) is 35.3 Å². The topological polar surface area (TPSA) is 47.6 Å². The molecule has 0 aromatic rings. The van der Waals surface area contributed by atoms with Gasteiger partial charge in [0, 0.05) is 31.9 Å². The van der Waals surface area contributed by atoms with Gasteiger partial charge in [-0.25, -0.2) is 0 Å². The Morgan fingerprint density at radius 3 is 3.00 bits per heavy atom.